The van der Waals surface area contributed by atoms with Crippen LogP contribution < -0.4 is 11.2 Å². The molecule has 0 radical (unpaired) electrons. The van der Waals surface area contributed by atoms with Crippen molar-refractivity contribution in [2.24, 2.45) is 0 Å². The van der Waals surface area contributed by atoms with E-state index in [0.29, 0.717) is 12.1 Å². The summed E-state index contributed by atoms with van der Waals surface area (Å²) in [5, 5.41) is 8.94. The maximum Gasteiger partial charge on any atom is 0.416 e. The number of fused-ring (bicyclic) bond motifs is 2. The summed E-state index contributed by atoms with van der Waals surface area (Å²) in [7, 11) is 0. The molecule has 2 aromatic rings. The number of hydrogen-bond donors (Lipinski definition) is 1. The second-order valence-electron chi connectivity index (χ2n) is 7.05. The number of aromatic nitrogens is 4. The minimum Gasteiger partial charge on any atom is -0.480 e. The van der Waals surface area contributed by atoms with Crippen molar-refractivity contribution in [2.75, 3.05) is 0 Å². The van der Waals surface area contributed by atoms with Crippen LogP contribution in [-0.4, -0.2) is 30.2 Å². The molecule has 0 aromatic heterocycles. The third kappa shape index (κ3) is 3.97. The zero-order valence-electron chi connectivity index (χ0n) is 16.5. The molecule has 0 aliphatic carbocycles. The number of nitrogens with zero attached hydrogens (tertiary/aromatic N) is 4. The second kappa shape index (κ2) is 7.67. The van der Waals surface area contributed by atoms with Crippen molar-refractivity contribution in [2.45, 2.75) is 18.9 Å². The Morgan fingerprint density at radius 1 is 0.912 bits per heavy atom. The van der Waals surface area contributed by atoms with Gasteiger partial charge < -0.3 is 5.11 Å². The lowest BCUT2D eigenvalue weighted by molar-refractivity contribution is -0.143. The first-order chi connectivity index (χ1) is 15.8. The molecule has 2 heterocycles. The standard InChI is InChI=1S/C20H10F6N4O4/c21-19(22,23)9-5-10(20(24,25)26)7-11(6-9)30-13-4-2-1-3-12(13)27-15-16(30)28-18(34)29(17(15)33)8-14(31)32/h1-7H,8H2,(H,31,32). The monoisotopic (exact) mass is 484 g/mol. The molecular weight excluding hydrogens is 474 g/mol. The Bertz CT molecular complexity index is 1510. The van der Waals surface area contributed by atoms with Gasteiger partial charge in [-0.3, -0.25) is 14.2 Å². The number of alkyl halides is 6. The molecule has 176 valence electrons. The highest BCUT2D eigenvalue weighted by atomic mass is 19.4. The fraction of sp³-hybridized carbons (Fsp3) is 0.150. The van der Waals surface area contributed by atoms with Crippen LogP contribution in [0.1, 0.15) is 11.1 Å². The van der Waals surface area contributed by atoms with E-state index in [9.17, 15) is 40.7 Å². The lowest BCUT2D eigenvalue weighted by Crippen LogP contribution is -2.40. The van der Waals surface area contributed by atoms with E-state index in [2.05, 4.69) is 9.97 Å². The first-order valence-corrected chi connectivity index (χ1v) is 9.21. The van der Waals surface area contributed by atoms with Crippen LogP contribution in [0.15, 0.2) is 52.1 Å². The normalized spacial score (nSPS) is 12.4. The van der Waals surface area contributed by atoms with Crippen molar-refractivity contribution in [3.8, 4) is 17.2 Å². The molecule has 0 spiro atoms. The molecule has 0 saturated heterocycles. The predicted octanol–water partition coefficient (Wildman–Crippen LogP) is 3.17. The average Bonchev–Trinajstić information content (AvgIpc) is 2.74. The Kier molecular flexibility index (Phi) is 5.18. The maximum atomic E-state index is 13.4. The van der Waals surface area contributed by atoms with Gasteiger partial charge in [0.1, 0.15) is 6.54 Å². The van der Waals surface area contributed by atoms with Crippen molar-refractivity contribution in [1.82, 2.24) is 19.1 Å². The number of hydrogen-bond acceptors (Lipinski definition) is 5. The molecule has 0 atom stereocenters. The first-order valence-electron chi connectivity index (χ1n) is 9.21. The van der Waals surface area contributed by atoms with E-state index in [-0.39, 0.29) is 21.7 Å². The highest BCUT2D eigenvalue weighted by molar-refractivity contribution is 5.82. The molecule has 0 saturated carbocycles. The largest absolute Gasteiger partial charge is 0.480 e. The van der Waals surface area contributed by atoms with Gasteiger partial charge in [0.25, 0.3) is 5.56 Å². The van der Waals surface area contributed by atoms with Crippen molar-refractivity contribution >= 4 is 17.0 Å². The Morgan fingerprint density at radius 3 is 2.06 bits per heavy atom. The maximum absolute atomic E-state index is 13.4. The Morgan fingerprint density at radius 2 is 1.50 bits per heavy atom. The molecule has 0 unspecified atom stereocenters. The molecule has 0 amide bonds. The van der Waals surface area contributed by atoms with E-state index in [0.717, 1.165) is 4.57 Å². The fourth-order valence-electron chi connectivity index (χ4n) is 3.35. The van der Waals surface area contributed by atoms with Crippen molar-refractivity contribution in [3.63, 3.8) is 0 Å². The van der Waals surface area contributed by atoms with Gasteiger partial charge in [0.15, 0.2) is 11.5 Å². The van der Waals surface area contributed by atoms with Crippen LogP contribution in [0, 0.1) is 0 Å². The number of benzene rings is 2. The number of rotatable bonds is 3. The summed E-state index contributed by atoms with van der Waals surface area (Å²) in [5.41, 5.74) is -7.22. The van der Waals surface area contributed by atoms with Crippen molar-refractivity contribution in [3.05, 3.63) is 74.4 Å². The summed E-state index contributed by atoms with van der Waals surface area (Å²) < 4.78 is 81.5. The number of aliphatic carboxylic acids is 1. The Hall–Kier alpha value is -4.23. The number of para-hydroxylation sites is 2. The van der Waals surface area contributed by atoms with Crippen LogP contribution >= 0.6 is 0 Å². The number of carbonyl (C=O) groups is 1. The summed E-state index contributed by atoms with van der Waals surface area (Å²) in [6.07, 6.45) is -10.3. The lowest BCUT2D eigenvalue weighted by Gasteiger charge is -2.20. The summed E-state index contributed by atoms with van der Waals surface area (Å²) in [5.74, 6) is -2.19. The third-order valence-corrected chi connectivity index (χ3v) is 4.78. The third-order valence-electron chi connectivity index (χ3n) is 4.78. The van der Waals surface area contributed by atoms with Gasteiger partial charge in [0, 0.05) is 5.69 Å². The SMILES string of the molecule is O=C(O)Cn1c(=O)nc2n(-c3cc(C(F)(F)F)cc(C(F)(F)F)c3)c3ccccc3nc-2c1=O. The summed E-state index contributed by atoms with van der Waals surface area (Å²) in [6.45, 7) is -1.07. The van der Waals surface area contributed by atoms with Crippen molar-refractivity contribution in [1.29, 1.82) is 0 Å². The minimum absolute atomic E-state index is 0.0274. The first kappa shape index (κ1) is 22.9. The van der Waals surface area contributed by atoms with Crippen LogP contribution in [0.5, 0.6) is 0 Å². The Labute approximate surface area is 183 Å². The predicted molar refractivity (Wildman–Crippen MR) is 104 cm³/mol. The lowest BCUT2D eigenvalue weighted by atomic mass is 10.1. The highest BCUT2D eigenvalue weighted by Crippen LogP contribution is 2.38. The smallest absolute Gasteiger partial charge is 0.416 e. The Balaban J connectivity index is 2.19. The number of carboxylic acids is 1. The fourth-order valence-corrected chi connectivity index (χ4v) is 3.35. The van der Waals surface area contributed by atoms with Crippen LogP contribution in [0.4, 0.5) is 26.3 Å². The second-order valence-corrected chi connectivity index (χ2v) is 7.05. The van der Waals surface area contributed by atoms with Gasteiger partial charge in [-0.2, -0.15) is 31.3 Å². The molecule has 1 N–H and O–H groups in total. The summed E-state index contributed by atoms with van der Waals surface area (Å²) in [4.78, 5) is 43.7. The molecule has 4 rings (SSSR count). The van der Waals surface area contributed by atoms with E-state index < -0.39 is 64.4 Å². The zero-order chi connectivity index (χ0) is 25.0. The van der Waals surface area contributed by atoms with Gasteiger partial charge in [-0.1, -0.05) is 12.1 Å². The van der Waals surface area contributed by atoms with E-state index in [1.165, 1.54) is 24.3 Å². The molecule has 34 heavy (non-hydrogen) atoms. The van der Waals surface area contributed by atoms with Gasteiger partial charge in [0.05, 0.1) is 22.2 Å². The molecule has 0 bridgehead atoms. The van der Waals surface area contributed by atoms with E-state index in [1.54, 1.807) is 0 Å². The molecule has 8 nitrogen and oxygen atoms in total. The van der Waals surface area contributed by atoms with Gasteiger partial charge in [0.2, 0.25) is 0 Å². The molecule has 0 fully saturated rings. The molecular formula is C20H10F6N4O4. The topological polar surface area (TPSA) is 107 Å². The van der Waals surface area contributed by atoms with Gasteiger partial charge in [-0.15, -0.1) is 0 Å². The van der Waals surface area contributed by atoms with Crippen molar-refractivity contribution < 1.29 is 36.2 Å². The molecule has 2 aliphatic rings. The molecule has 2 aliphatic heterocycles. The molecule has 2 aromatic carbocycles. The summed E-state index contributed by atoms with van der Waals surface area (Å²) in [6, 6.07) is 6.24. The average molecular weight is 484 g/mol. The summed E-state index contributed by atoms with van der Waals surface area (Å²) >= 11 is 0. The van der Waals surface area contributed by atoms with Gasteiger partial charge >= 0.3 is 24.0 Å². The quantitative estimate of drug-likeness (QED) is 0.354. The number of halogens is 6. The number of carboxylic acid groups (broad SMARTS) is 1. The zero-order valence-corrected chi connectivity index (χ0v) is 16.5. The van der Waals surface area contributed by atoms with Gasteiger partial charge in [-0.05, 0) is 30.3 Å². The van der Waals surface area contributed by atoms with E-state index in [4.69, 9.17) is 5.11 Å². The van der Waals surface area contributed by atoms with Crippen LogP contribution in [0.3, 0.4) is 0 Å². The highest BCUT2D eigenvalue weighted by Gasteiger charge is 2.37. The van der Waals surface area contributed by atoms with Gasteiger partial charge in [-0.25, -0.2) is 14.3 Å². The van der Waals surface area contributed by atoms with E-state index >= 15 is 0 Å². The van der Waals surface area contributed by atoms with Crippen LogP contribution in [0.25, 0.3) is 28.2 Å². The van der Waals surface area contributed by atoms with E-state index in [1.807, 2.05) is 0 Å². The molecule has 14 heteroatoms. The van der Waals surface area contributed by atoms with Crippen LogP contribution in [-0.2, 0) is 23.7 Å². The minimum atomic E-state index is -5.15. The van der Waals surface area contributed by atoms with Crippen LogP contribution in [0.2, 0.25) is 0 Å².